The van der Waals surface area contributed by atoms with Gasteiger partial charge in [0.25, 0.3) is 0 Å². The van der Waals surface area contributed by atoms with E-state index >= 15 is 0 Å². The summed E-state index contributed by atoms with van der Waals surface area (Å²) in [6, 6.07) is 0. The Morgan fingerprint density at radius 3 is 1.85 bits per heavy atom. The number of hydrogen-bond acceptors (Lipinski definition) is 6. The Morgan fingerprint density at radius 2 is 1.32 bits per heavy atom. The van der Waals surface area contributed by atoms with Crippen molar-refractivity contribution in [2.24, 2.45) is 0 Å². The van der Waals surface area contributed by atoms with Gasteiger partial charge in [0, 0.05) is 6.42 Å². The zero-order valence-corrected chi connectivity index (χ0v) is 25.4. The van der Waals surface area contributed by atoms with Crippen LogP contribution < -0.4 is 0 Å². The predicted octanol–water partition coefficient (Wildman–Crippen LogP) is 6.20. The second kappa shape index (κ2) is 10.2. The SMILES string of the molecule is CC(C)(C)[Si](C)(C)OC[C@@H](O[Si](C)(C)C(C)(C)C)[C@H]1CC[C@H]([C@H]2CC[C@@H]([C@@H]3CCC(=O)O3)O2)O1. The Balaban J connectivity index is 1.64. The first-order valence-electron chi connectivity index (χ1n) is 13.3. The topological polar surface area (TPSA) is 63.2 Å². The van der Waals surface area contributed by atoms with Crippen LogP contribution in [0.4, 0.5) is 0 Å². The molecule has 0 saturated carbocycles. The zero-order valence-electron chi connectivity index (χ0n) is 23.4. The molecular weight excluding hydrogens is 464 g/mol. The number of ether oxygens (including phenoxy) is 3. The molecule has 0 aliphatic carbocycles. The van der Waals surface area contributed by atoms with Gasteiger partial charge in [0.2, 0.25) is 0 Å². The Labute approximate surface area is 210 Å². The van der Waals surface area contributed by atoms with Crippen LogP contribution in [0.1, 0.15) is 80.1 Å². The third-order valence-electron chi connectivity index (χ3n) is 9.00. The molecule has 0 N–H and O–H groups in total. The van der Waals surface area contributed by atoms with Gasteiger partial charge in [-0.15, -0.1) is 0 Å². The largest absolute Gasteiger partial charge is 0.460 e. The van der Waals surface area contributed by atoms with Crippen LogP contribution in [0.15, 0.2) is 0 Å². The monoisotopic (exact) mass is 514 g/mol. The minimum atomic E-state index is -1.99. The molecule has 6 nitrogen and oxygen atoms in total. The molecule has 6 atom stereocenters. The van der Waals surface area contributed by atoms with Crippen molar-refractivity contribution in [2.45, 2.75) is 153 Å². The fraction of sp³-hybridized carbons (Fsp3) is 0.962. The van der Waals surface area contributed by atoms with Crippen LogP contribution in [0.3, 0.4) is 0 Å². The van der Waals surface area contributed by atoms with Crippen molar-refractivity contribution in [3.8, 4) is 0 Å². The highest BCUT2D eigenvalue weighted by atomic mass is 28.4. The predicted molar refractivity (Wildman–Crippen MR) is 140 cm³/mol. The Bertz CT molecular complexity index is 711. The first kappa shape index (κ1) is 28.3. The van der Waals surface area contributed by atoms with Crippen molar-refractivity contribution in [1.29, 1.82) is 0 Å². The van der Waals surface area contributed by atoms with Gasteiger partial charge >= 0.3 is 5.97 Å². The molecule has 0 amide bonds. The summed E-state index contributed by atoms with van der Waals surface area (Å²) in [6.45, 7) is 23.5. The fourth-order valence-corrected chi connectivity index (χ4v) is 6.90. The van der Waals surface area contributed by atoms with Gasteiger partial charge in [0.15, 0.2) is 16.6 Å². The molecule has 3 aliphatic rings. The maximum Gasteiger partial charge on any atom is 0.306 e. The molecule has 0 bridgehead atoms. The van der Waals surface area contributed by atoms with E-state index in [9.17, 15) is 4.79 Å². The first-order chi connectivity index (χ1) is 15.5. The second-order valence-corrected chi connectivity index (χ2v) is 23.2. The number of hydrogen-bond donors (Lipinski definition) is 0. The number of carbonyl (C=O) groups is 1. The van der Waals surface area contributed by atoms with Crippen LogP contribution in [-0.2, 0) is 27.9 Å². The van der Waals surface area contributed by atoms with Gasteiger partial charge in [-0.1, -0.05) is 41.5 Å². The van der Waals surface area contributed by atoms with Crippen LogP contribution in [0.2, 0.25) is 36.3 Å². The average Bonchev–Trinajstić information content (AvgIpc) is 3.42. The lowest BCUT2D eigenvalue weighted by atomic mass is 10.0. The minimum Gasteiger partial charge on any atom is -0.460 e. The Hall–Kier alpha value is -0.256. The van der Waals surface area contributed by atoms with E-state index in [4.69, 9.17) is 23.1 Å². The van der Waals surface area contributed by atoms with Crippen molar-refractivity contribution in [1.82, 2.24) is 0 Å². The van der Waals surface area contributed by atoms with Gasteiger partial charge in [-0.3, -0.25) is 4.79 Å². The summed E-state index contributed by atoms with van der Waals surface area (Å²) in [5, 5.41) is 0.282. The quantitative estimate of drug-likeness (QED) is 0.284. The number of rotatable bonds is 8. The Kier molecular flexibility index (Phi) is 8.53. The van der Waals surface area contributed by atoms with Crippen LogP contribution in [0, 0.1) is 0 Å². The summed E-state index contributed by atoms with van der Waals surface area (Å²) >= 11 is 0. The van der Waals surface area contributed by atoms with Crippen molar-refractivity contribution < 1.29 is 27.9 Å². The molecule has 8 heteroatoms. The van der Waals surface area contributed by atoms with Gasteiger partial charge in [-0.05, 0) is 68.4 Å². The van der Waals surface area contributed by atoms with Crippen LogP contribution >= 0.6 is 0 Å². The lowest BCUT2D eigenvalue weighted by molar-refractivity contribution is -0.149. The summed E-state index contributed by atoms with van der Waals surface area (Å²) in [4.78, 5) is 11.5. The summed E-state index contributed by atoms with van der Waals surface area (Å²) in [6.07, 6.45) is 5.17. The molecule has 34 heavy (non-hydrogen) atoms. The van der Waals surface area contributed by atoms with Crippen molar-refractivity contribution in [3.63, 3.8) is 0 Å². The van der Waals surface area contributed by atoms with E-state index < -0.39 is 16.6 Å². The summed E-state index contributed by atoms with van der Waals surface area (Å²) < 4.78 is 32.1. The molecule has 3 saturated heterocycles. The molecule has 0 aromatic heterocycles. The van der Waals surface area contributed by atoms with Gasteiger partial charge in [-0.2, -0.15) is 0 Å². The highest BCUT2D eigenvalue weighted by Crippen LogP contribution is 2.42. The third-order valence-corrected chi connectivity index (χ3v) is 18.0. The van der Waals surface area contributed by atoms with E-state index in [0.717, 1.165) is 32.1 Å². The van der Waals surface area contributed by atoms with Crippen LogP contribution in [0.5, 0.6) is 0 Å². The second-order valence-electron chi connectivity index (χ2n) is 13.6. The fourth-order valence-electron chi connectivity index (χ4n) is 4.56. The smallest absolute Gasteiger partial charge is 0.306 e. The van der Waals surface area contributed by atoms with Crippen molar-refractivity contribution >= 4 is 22.6 Å². The first-order valence-corrected chi connectivity index (χ1v) is 19.1. The molecule has 0 spiro atoms. The summed E-state index contributed by atoms with van der Waals surface area (Å²) in [5.41, 5.74) is 0. The standard InChI is InChI=1S/C26H50O6Si2/c1-25(2,3)33(7,8)28-17-23(32-34(9,10)26(4,5)6)22-14-13-19(30-22)18-11-12-20(29-18)21-15-16-24(27)31-21/h18-23H,11-17H2,1-10H3/t18-,19-,20+,21+,22-,23-/m1/s1. The molecule has 0 aromatic rings. The van der Waals surface area contributed by atoms with Gasteiger partial charge in [0.05, 0.1) is 37.1 Å². The molecule has 3 heterocycles. The van der Waals surface area contributed by atoms with Gasteiger partial charge in [0.1, 0.15) is 6.10 Å². The van der Waals surface area contributed by atoms with Crippen LogP contribution in [-0.4, -0.2) is 65.8 Å². The molecule has 198 valence electrons. The average molecular weight is 515 g/mol. The van der Waals surface area contributed by atoms with E-state index in [1.807, 2.05) is 0 Å². The minimum absolute atomic E-state index is 0.0142. The number of carbonyl (C=O) groups excluding carboxylic acids is 1. The molecule has 0 unspecified atom stereocenters. The maximum absolute atomic E-state index is 11.5. The molecule has 3 fully saturated rings. The third kappa shape index (κ3) is 6.54. The Morgan fingerprint density at radius 1 is 0.794 bits per heavy atom. The van der Waals surface area contributed by atoms with E-state index in [0.29, 0.717) is 13.0 Å². The lowest BCUT2D eigenvalue weighted by Crippen LogP contribution is -2.51. The molecule has 0 aromatic carbocycles. The van der Waals surface area contributed by atoms with E-state index in [-0.39, 0.29) is 52.7 Å². The van der Waals surface area contributed by atoms with Crippen molar-refractivity contribution in [2.75, 3.05) is 6.61 Å². The van der Waals surface area contributed by atoms with E-state index in [1.165, 1.54) is 0 Å². The van der Waals surface area contributed by atoms with Crippen molar-refractivity contribution in [3.05, 3.63) is 0 Å². The molecule has 0 radical (unpaired) electrons. The highest BCUT2D eigenvalue weighted by Gasteiger charge is 2.47. The normalized spacial score (nSPS) is 32.3. The van der Waals surface area contributed by atoms with Gasteiger partial charge in [-0.25, -0.2) is 0 Å². The zero-order chi connectivity index (χ0) is 25.5. The summed E-state index contributed by atoms with van der Waals surface area (Å²) in [5.74, 6) is -0.0958. The van der Waals surface area contributed by atoms with E-state index in [1.54, 1.807) is 0 Å². The molecular formula is C26H50O6Si2. The number of cyclic esters (lactones) is 1. The van der Waals surface area contributed by atoms with E-state index in [2.05, 4.69) is 67.7 Å². The highest BCUT2D eigenvalue weighted by molar-refractivity contribution is 6.74. The lowest BCUT2D eigenvalue weighted by Gasteiger charge is -2.43. The molecule has 3 aliphatic heterocycles. The molecule has 3 rings (SSSR count). The number of esters is 1. The van der Waals surface area contributed by atoms with Crippen LogP contribution in [0.25, 0.3) is 0 Å². The van der Waals surface area contributed by atoms with Gasteiger partial charge < -0.3 is 23.1 Å². The summed E-state index contributed by atoms with van der Waals surface area (Å²) in [7, 11) is -3.89. The maximum atomic E-state index is 11.5.